The zero-order valence-electron chi connectivity index (χ0n) is 12.4. The summed E-state index contributed by atoms with van der Waals surface area (Å²) in [6.07, 6.45) is 0. The quantitative estimate of drug-likeness (QED) is 0.877. The Morgan fingerprint density at radius 3 is 2.80 bits per heavy atom. The van der Waals surface area contributed by atoms with Gasteiger partial charge in [-0.05, 0) is 36.6 Å². The molecule has 0 radical (unpaired) electrons. The molecule has 0 amide bonds. The Labute approximate surface area is 124 Å². The van der Waals surface area contributed by atoms with E-state index in [0.717, 1.165) is 29.4 Å². The van der Waals surface area contributed by atoms with Crippen LogP contribution in [-0.2, 0) is 6.54 Å². The van der Waals surface area contributed by atoms with Crippen molar-refractivity contribution >= 4 is 11.3 Å². The van der Waals surface area contributed by atoms with Crippen LogP contribution in [0.15, 0.2) is 18.2 Å². The van der Waals surface area contributed by atoms with Crippen molar-refractivity contribution in [3.8, 4) is 10.9 Å². The first kappa shape index (κ1) is 14.9. The topological polar surface area (TPSA) is 47.0 Å². The van der Waals surface area contributed by atoms with Crippen molar-refractivity contribution in [3.63, 3.8) is 0 Å². The fourth-order valence-corrected chi connectivity index (χ4v) is 2.43. The molecule has 0 saturated heterocycles. The lowest BCUT2D eigenvalue weighted by molar-refractivity contribution is 0.468. The fraction of sp³-hybridized carbons (Fsp3) is 0.467. The van der Waals surface area contributed by atoms with Gasteiger partial charge in [-0.1, -0.05) is 49.3 Å². The fourth-order valence-electron chi connectivity index (χ4n) is 1.76. The molecule has 20 heavy (non-hydrogen) atoms. The molecule has 0 aliphatic rings. The molecule has 0 saturated carbocycles. The molecule has 1 aromatic carbocycles. The van der Waals surface area contributed by atoms with Gasteiger partial charge in [0.2, 0.25) is 0 Å². The summed E-state index contributed by atoms with van der Waals surface area (Å²) in [4.78, 5) is 0. The number of benzene rings is 1. The molecule has 0 fully saturated rings. The lowest BCUT2D eigenvalue weighted by Crippen LogP contribution is -2.11. The van der Waals surface area contributed by atoms with Crippen LogP contribution in [0.25, 0.3) is 0 Å². The van der Waals surface area contributed by atoms with Gasteiger partial charge in [0.15, 0.2) is 0 Å². The molecule has 0 aliphatic heterocycles. The number of hydrogen-bond donors (Lipinski definition) is 1. The zero-order valence-corrected chi connectivity index (χ0v) is 13.3. The van der Waals surface area contributed by atoms with Gasteiger partial charge in [0, 0.05) is 6.54 Å². The van der Waals surface area contributed by atoms with Crippen molar-refractivity contribution in [3.05, 3.63) is 34.3 Å². The van der Waals surface area contributed by atoms with Gasteiger partial charge in [-0.15, -0.1) is 5.10 Å². The Morgan fingerprint density at radius 1 is 1.30 bits per heavy atom. The van der Waals surface area contributed by atoms with Crippen LogP contribution in [0.5, 0.6) is 10.9 Å². The van der Waals surface area contributed by atoms with E-state index in [1.807, 2.05) is 6.92 Å². The van der Waals surface area contributed by atoms with Crippen LogP contribution in [0.4, 0.5) is 0 Å². The number of ether oxygens (including phenoxy) is 1. The Balaban J connectivity index is 2.12. The average Bonchev–Trinajstić information content (AvgIpc) is 2.86. The van der Waals surface area contributed by atoms with Crippen LogP contribution in [0.2, 0.25) is 0 Å². The maximum Gasteiger partial charge on any atom is 0.299 e. The molecule has 0 atom stereocenters. The molecule has 5 heteroatoms. The van der Waals surface area contributed by atoms with Crippen molar-refractivity contribution in [1.82, 2.24) is 15.5 Å². The lowest BCUT2D eigenvalue weighted by atomic mass is 10.0. The molecular weight excluding hydrogens is 270 g/mol. The molecule has 0 spiro atoms. The summed E-state index contributed by atoms with van der Waals surface area (Å²) in [5.74, 6) is 1.35. The number of aromatic nitrogens is 2. The molecule has 2 rings (SSSR count). The van der Waals surface area contributed by atoms with Crippen molar-refractivity contribution < 1.29 is 4.74 Å². The Hall–Kier alpha value is -1.46. The van der Waals surface area contributed by atoms with Gasteiger partial charge in [-0.2, -0.15) is 0 Å². The monoisotopic (exact) mass is 291 g/mol. The van der Waals surface area contributed by atoms with Crippen LogP contribution in [0, 0.1) is 6.92 Å². The molecule has 1 heterocycles. The third kappa shape index (κ3) is 3.77. The smallest absolute Gasteiger partial charge is 0.299 e. The normalized spacial score (nSPS) is 11.1. The lowest BCUT2D eigenvalue weighted by Gasteiger charge is -2.10. The van der Waals surface area contributed by atoms with Gasteiger partial charge in [0.25, 0.3) is 5.19 Å². The number of rotatable bonds is 6. The summed E-state index contributed by atoms with van der Waals surface area (Å²) in [5, 5.41) is 13.0. The number of nitrogens with one attached hydrogen (secondary N) is 1. The Morgan fingerprint density at radius 2 is 2.10 bits per heavy atom. The van der Waals surface area contributed by atoms with Crippen molar-refractivity contribution in [2.24, 2.45) is 0 Å². The van der Waals surface area contributed by atoms with Crippen molar-refractivity contribution in [1.29, 1.82) is 0 Å². The summed E-state index contributed by atoms with van der Waals surface area (Å²) in [6, 6.07) is 6.32. The van der Waals surface area contributed by atoms with E-state index in [1.165, 1.54) is 16.9 Å². The highest BCUT2D eigenvalue weighted by Crippen LogP contribution is 2.30. The van der Waals surface area contributed by atoms with E-state index in [9.17, 15) is 0 Å². The third-order valence-corrected chi connectivity index (χ3v) is 3.85. The molecule has 108 valence electrons. The van der Waals surface area contributed by atoms with E-state index in [1.54, 1.807) is 0 Å². The van der Waals surface area contributed by atoms with E-state index in [-0.39, 0.29) is 0 Å². The average molecular weight is 291 g/mol. The van der Waals surface area contributed by atoms with Gasteiger partial charge in [-0.3, -0.25) is 0 Å². The zero-order chi connectivity index (χ0) is 14.5. The molecule has 1 N–H and O–H groups in total. The SMILES string of the molecule is CCNCc1nnc(Oc2cc(C(C)C)ccc2C)s1. The second-order valence-corrected chi connectivity index (χ2v) is 6.05. The van der Waals surface area contributed by atoms with Crippen LogP contribution >= 0.6 is 11.3 Å². The van der Waals surface area contributed by atoms with Gasteiger partial charge < -0.3 is 10.1 Å². The van der Waals surface area contributed by atoms with E-state index in [0.29, 0.717) is 11.1 Å². The summed E-state index contributed by atoms with van der Waals surface area (Å²) in [5.41, 5.74) is 2.38. The van der Waals surface area contributed by atoms with Crippen LogP contribution in [-0.4, -0.2) is 16.7 Å². The highest BCUT2D eigenvalue weighted by molar-refractivity contribution is 7.13. The van der Waals surface area contributed by atoms with E-state index < -0.39 is 0 Å². The summed E-state index contributed by atoms with van der Waals surface area (Å²) >= 11 is 1.48. The molecule has 4 nitrogen and oxygen atoms in total. The van der Waals surface area contributed by atoms with Gasteiger partial charge >= 0.3 is 0 Å². The molecule has 0 bridgehead atoms. The third-order valence-electron chi connectivity index (χ3n) is 3.05. The van der Waals surface area contributed by atoms with E-state index >= 15 is 0 Å². The maximum absolute atomic E-state index is 5.88. The van der Waals surface area contributed by atoms with E-state index in [4.69, 9.17) is 4.74 Å². The highest BCUT2D eigenvalue weighted by atomic mass is 32.1. The number of nitrogens with zero attached hydrogens (tertiary/aromatic N) is 2. The molecular formula is C15H21N3OS. The van der Waals surface area contributed by atoms with Gasteiger partial charge in [-0.25, -0.2) is 0 Å². The summed E-state index contributed by atoms with van der Waals surface area (Å²) in [6.45, 7) is 10.1. The van der Waals surface area contributed by atoms with Gasteiger partial charge in [0.05, 0.1) is 0 Å². The Kier molecular flexibility index (Phi) is 5.09. The Bertz CT molecular complexity index is 566. The first-order valence-corrected chi connectivity index (χ1v) is 7.73. The van der Waals surface area contributed by atoms with Crippen molar-refractivity contribution in [2.45, 2.75) is 40.2 Å². The predicted octanol–water partition coefficient (Wildman–Crippen LogP) is 3.87. The minimum Gasteiger partial charge on any atom is -0.430 e. The van der Waals surface area contributed by atoms with Crippen LogP contribution < -0.4 is 10.1 Å². The van der Waals surface area contributed by atoms with Crippen LogP contribution in [0.1, 0.15) is 42.8 Å². The van der Waals surface area contributed by atoms with Gasteiger partial charge in [0.1, 0.15) is 10.8 Å². The molecule has 2 aromatic rings. The first-order valence-electron chi connectivity index (χ1n) is 6.91. The molecule has 1 aromatic heterocycles. The second-order valence-electron chi connectivity index (χ2n) is 5.02. The summed E-state index contributed by atoms with van der Waals surface area (Å²) < 4.78 is 5.88. The largest absolute Gasteiger partial charge is 0.430 e. The number of aryl methyl sites for hydroxylation is 1. The van der Waals surface area contributed by atoms with Crippen molar-refractivity contribution in [2.75, 3.05) is 6.54 Å². The maximum atomic E-state index is 5.88. The highest BCUT2D eigenvalue weighted by Gasteiger charge is 2.09. The second kappa shape index (κ2) is 6.81. The number of hydrogen-bond acceptors (Lipinski definition) is 5. The molecule has 0 aliphatic carbocycles. The minimum atomic E-state index is 0.483. The molecule has 0 unspecified atom stereocenters. The van der Waals surface area contributed by atoms with E-state index in [2.05, 4.69) is 54.5 Å². The summed E-state index contributed by atoms with van der Waals surface area (Å²) in [7, 11) is 0. The first-order chi connectivity index (χ1) is 9.60. The minimum absolute atomic E-state index is 0.483. The standard InChI is InChI=1S/C15H21N3OS/c1-5-16-9-14-17-18-15(20-14)19-13-8-12(10(2)3)7-6-11(13)4/h6-8,10,16H,5,9H2,1-4H3. The van der Waals surface area contributed by atoms with Crippen LogP contribution in [0.3, 0.4) is 0 Å². The predicted molar refractivity (Wildman–Crippen MR) is 82.6 cm³/mol.